The third-order valence-corrected chi connectivity index (χ3v) is 3.68. The summed E-state index contributed by atoms with van der Waals surface area (Å²) in [6, 6.07) is 10.3. The van der Waals surface area contributed by atoms with Crippen LogP contribution in [0, 0.1) is 10.1 Å². The minimum atomic E-state index is -1.12. The first-order valence-corrected chi connectivity index (χ1v) is 7.93. The van der Waals surface area contributed by atoms with Gasteiger partial charge in [0.1, 0.15) is 0 Å². The standard InChI is InChI=1S/C17H16ClN3O5/c1-10(16(22)20-12-5-3-4-11(18)8-12)26-17(23)14-9-13(21(24)25)6-7-15(14)19-2/h3-10,19H,1-2H3,(H,20,22)/t10-/m1/s1. The van der Waals surface area contributed by atoms with E-state index in [0.717, 1.165) is 6.07 Å². The number of hydrogen-bond donors (Lipinski definition) is 2. The molecule has 2 rings (SSSR count). The van der Waals surface area contributed by atoms with E-state index in [1.54, 1.807) is 31.3 Å². The van der Waals surface area contributed by atoms with Crippen LogP contribution >= 0.6 is 11.6 Å². The second-order valence-electron chi connectivity index (χ2n) is 5.28. The molecule has 9 heteroatoms. The molecule has 0 fully saturated rings. The lowest BCUT2D eigenvalue weighted by Crippen LogP contribution is -2.30. The van der Waals surface area contributed by atoms with Gasteiger partial charge in [-0.15, -0.1) is 0 Å². The molecule has 0 unspecified atom stereocenters. The first kappa shape index (κ1) is 19.2. The maximum absolute atomic E-state index is 12.3. The van der Waals surface area contributed by atoms with Gasteiger partial charge in [-0.25, -0.2) is 4.79 Å². The van der Waals surface area contributed by atoms with Crippen LogP contribution < -0.4 is 10.6 Å². The van der Waals surface area contributed by atoms with Crippen LogP contribution in [0.5, 0.6) is 0 Å². The number of halogens is 1. The lowest BCUT2D eigenvalue weighted by atomic mass is 10.1. The number of anilines is 2. The highest BCUT2D eigenvalue weighted by Gasteiger charge is 2.23. The molecule has 0 spiro atoms. The molecule has 0 radical (unpaired) electrons. The zero-order valence-corrected chi connectivity index (χ0v) is 14.7. The molecule has 0 aliphatic heterocycles. The monoisotopic (exact) mass is 377 g/mol. The van der Waals surface area contributed by atoms with Crippen LogP contribution in [-0.4, -0.2) is 30.0 Å². The smallest absolute Gasteiger partial charge is 0.341 e. The Morgan fingerprint density at radius 1 is 1.23 bits per heavy atom. The first-order chi connectivity index (χ1) is 12.3. The van der Waals surface area contributed by atoms with Crippen LogP contribution in [0.15, 0.2) is 42.5 Å². The summed E-state index contributed by atoms with van der Waals surface area (Å²) in [7, 11) is 1.56. The maximum Gasteiger partial charge on any atom is 0.341 e. The number of rotatable bonds is 6. The van der Waals surface area contributed by atoms with Crippen molar-refractivity contribution in [3.8, 4) is 0 Å². The van der Waals surface area contributed by atoms with Gasteiger partial charge in [0, 0.05) is 35.6 Å². The molecule has 1 amide bonds. The van der Waals surface area contributed by atoms with E-state index in [1.165, 1.54) is 19.1 Å². The summed E-state index contributed by atoms with van der Waals surface area (Å²) in [6.07, 6.45) is -1.12. The van der Waals surface area contributed by atoms with Crippen LogP contribution in [0.1, 0.15) is 17.3 Å². The van der Waals surface area contributed by atoms with Gasteiger partial charge < -0.3 is 15.4 Å². The van der Waals surface area contributed by atoms with Crippen molar-refractivity contribution in [2.75, 3.05) is 17.7 Å². The van der Waals surface area contributed by atoms with Gasteiger partial charge in [-0.3, -0.25) is 14.9 Å². The van der Waals surface area contributed by atoms with Crippen molar-refractivity contribution in [1.29, 1.82) is 0 Å². The molecule has 0 saturated heterocycles. The van der Waals surface area contributed by atoms with Crippen LogP contribution in [-0.2, 0) is 9.53 Å². The fraction of sp³-hybridized carbons (Fsp3) is 0.176. The SMILES string of the molecule is CNc1ccc([N+](=O)[O-])cc1C(=O)O[C@H](C)C(=O)Nc1cccc(Cl)c1. The minimum Gasteiger partial charge on any atom is -0.449 e. The van der Waals surface area contributed by atoms with Crippen molar-refractivity contribution in [2.24, 2.45) is 0 Å². The molecule has 0 aliphatic rings. The van der Waals surface area contributed by atoms with Crippen molar-refractivity contribution in [1.82, 2.24) is 0 Å². The van der Waals surface area contributed by atoms with E-state index in [1.807, 2.05) is 0 Å². The predicted molar refractivity (Wildman–Crippen MR) is 97.6 cm³/mol. The second-order valence-corrected chi connectivity index (χ2v) is 5.72. The van der Waals surface area contributed by atoms with Crippen molar-refractivity contribution < 1.29 is 19.2 Å². The molecule has 0 saturated carbocycles. The minimum absolute atomic E-state index is 0.0379. The van der Waals surface area contributed by atoms with E-state index in [-0.39, 0.29) is 11.3 Å². The Morgan fingerprint density at radius 3 is 2.58 bits per heavy atom. The molecule has 2 aromatic carbocycles. The molecule has 2 N–H and O–H groups in total. The average Bonchev–Trinajstić information content (AvgIpc) is 2.60. The number of benzene rings is 2. The highest BCUT2D eigenvalue weighted by Crippen LogP contribution is 2.23. The molecule has 1 atom stereocenters. The zero-order chi connectivity index (χ0) is 19.3. The molecule has 0 aliphatic carbocycles. The Balaban J connectivity index is 2.12. The van der Waals surface area contributed by atoms with Gasteiger partial charge >= 0.3 is 5.97 Å². The molecular formula is C17H16ClN3O5. The van der Waals surface area contributed by atoms with Crippen molar-refractivity contribution in [3.63, 3.8) is 0 Å². The third kappa shape index (κ3) is 4.70. The number of nitro benzene ring substituents is 1. The second kappa shape index (κ2) is 8.30. The highest BCUT2D eigenvalue weighted by molar-refractivity contribution is 6.30. The van der Waals surface area contributed by atoms with Gasteiger partial charge in [-0.2, -0.15) is 0 Å². The summed E-state index contributed by atoms with van der Waals surface area (Å²) in [4.78, 5) is 34.8. The van der Waals surface area contributed by atoms with Gasteiger partial charge in [0.2, 0.25) is 0 Å². The summed E-state index contributed by atoms with van der Waals surface area (Å²) in [5, 5.41) is 16.7. The van der Waals surface area contributed by atoms with Crippen molar-refractivity contribution in [2.45, 2.75) is 13.0 Å². The van der Waals surface area contributed by atoms with Gasteiger partial charge in [0.25, 0.3) is 11.6 Å². The maximum atomic E-state index is 12.3. The number of ether oxygens (including phenoxy) is 1. The van der Waals surface area contributed by atoms with E-state index in [4.69, 9.17) is 16.3 Å². The summed E-state index contributed by atoms with van der Waals surface area (Å²) in [5.74, 6) is -1.41. The van der Waals surface area contributed by atoms with Crippen LogP contribution in [0.4, 0.5) is 17.1 Å². The van der Waals surface area contributed by atoms with E-state index < -0.39 is 22.9 Å². The van der Waals surface area contributed by atoms with E-state index in [0.29, 0.717) is 16.4 Å². The van der Waals surface area contributed by atoms with Crippen molar-refractivity contribution in [3.05, 3.63) is 63.2 Å². The first-order valence-electron chi connectivity index (χ1n) is 7.55. The molecule has 0 heterocycles. The Hall–Kier alpha value is -3.13. The molecule has 26 heavy (non-hydrogen) atoms. The molecule has 2 aromatic rings. The number of nitrogens with zero attached hydrogens (tertiary/aromatic N) is 1. The Bertz CT molecular complexity index is 856. The third-order valence-electron chi connectivity index (χ3n) is 3.45. The fourth-order valence-corrected chi connectivity index (χ4v) is 2.31. The topological polar surface area (TPSA) is 111 Å². The van der Waals surface area contributed by atoms with E-state index in [2.05, 4.69) is 10.6 Å². The molecule has 136 valence electrons. The number of amides is 1. The molecule has 8 nitrogen and oxygen atoms in total. The Labute approximate surface area is 154 Å². The number of non-ortho nitro benzene ring substituents is 1. The zero-order valence-electron chi connectivity index (χ0n) is 14.0. The summed E-state index contributed by atoms with van der Waals surface area (Å²) in [6.45, 7) is 1.40. The summed E-state index contributed by atoms with van der Waals surface area (Å²) < 4.78 is 5.13. The van der Waals surface area contributed by atoms with E-state index >= 15 is 0 Å². The lowest BCUT2D eigenvalue weighted by Gasteiger charge is -2.15. The van der Waals surface area contributed by atoms with Gasteiger partial charge in [0.15, 0.2) is 6.10 Å². The highest BCUT2D eigenvalue weighted by atomic mass is 35.5. The van der Waals surface area contributed by atoms with Gasteiger partial charge in [0.05, 0.1) is 10.5 Å². The quantitative estimate of drug-likeness (QED) is 0.453. The van der Waals surface area contributed by atoms with Crippen LogP contribution in [0.25, 0.3) is 0 Å². The summed E-state index contributed by atoms with van der Waals surface area (Å²) >= 11 is 5.85. The fourth-order valence-electron chi connectivity index (χ4n) is 2.12. The number of carbonyl (C=O) groups excluding carboxylic acids is 2. The normalized spacial score (nSPS) is 11.3. The Morgan fingerprint density at radius 2 is 1.96 bits per heavy atom. The number of carbonyl (C=O) groups is 2. The van der Waals surface area contributed by atoms with E-state index in [9.17, 15) is 19.7 Å². The van der Waals surface area contributed by atoms with Gasteiger partial charge in [-0.1, -0.05) is 17.7 Å². The molecular weight excluding hydrogens is 362 g/mol. The lowest BCUT2D eigenvalue weighted by molar-refractivity contribution is -0.384. The molecule has 0 bridgehead atoms. The van der Waals surface area contributed by atoms with Gasteiger partial charge in [-0.05, 0) is 31.2 Å². The number of esters is 1. The largest absolute Gasteiger partial charge is 0.449 e. The predicted octanol–water partition coefficient (Wildman–Crippen LogP) is 3.47. The van der Waals surface area contributed by atoms with Crippen LogP contribution in [0.3, 0.4) is 0 Å². The van der Waals surface area contributed by atoms with Crippen LogP contribution in [0.2, 0.25) is 5.02 Å². The summed E-state index contributed by atoms with van der Waals surface area (Å²) in [5.41, 5.74) is 0.510. The number of nitrogens with one attached hydrogen (secondary N) is 2. The van der Waals surface area contributed by atoms with Crippen molar-refractivity contribution >= 4 is 40.5 Å². The average molecular weight is 378 g/mol. The molecule has 0 aromatic heterocycles. The Kier molecular flexibility index (Phi) is 6.13. The number of hydrogen-bond acceptors (Lipinski definition) is 6. The number of nitro groups is 1.